The largest absolute Gasteiger partial charge is 0.462 e. The van der Waals surface area contributed by atoms with Gasteiger partial charge < -0.3 is 34.3 Å². The van der Waals surface area contributed by atoms with Crippen molar-refractivity contribution in [3.05, 3.63) is 0 Å². The van der Waals surface area contributed by atoms with Crippen LogP contribution >= 0.6 is 0 Å². The molecule has 0 radical (unpaired) electrons. The summed E-state index contributed by atoms with van der Waals surface area (Å²) in [7, 11) is 0. The van der Waals surface area contributed by atoms with E-state index in [0.29, 0.717) is 12.8 Å². The highest BCUT2D eigenvalue weighted by molar-refractivity contribution is 5.76. The molecule has 3 N–H and O–H groups in total. The molecule has 0 bridgehead atoms. The van der Waals surface area contributed by atoms with Crippen molar-refractivity contribution in [2.45, 2.75) is 72.7 Å². The minimum atomic E-state index is -1.00. The molecular weight excluding hydrogens is 396 g/mol. The summed E-state index contributed by atoms with van der Waals surface area (Å²) in [5, 5.41) is 29.4. The molecule has 0 amide bonds. The average Bonchev–Trinajstić information content (AvgIpc) is 2.69. The zero-order valence-electron chi connectivity index (χ0n) is 19.2. The standard InChI is InChI=1S/C21H40O9/c1-7-20(3,4)18(25)29-13-16(23)11-27-9-15(22)10-28-12-17(24)14-30-19(26)21(5,6)8-2/h15-17,22-24H,7-14H2,1-6H3. The number of esters is 2. The molecule has 0 saturated carbocycles. The van der Waals surface area contributed by atoms with Crippen molar-refractivity contribution in [3.63, 3.8) is 0 Å². The maximum atomic E-state index is 11.8. The van der Waals surface area contributed by atoms with Gasteiger partial charge in [0.25, 0.3) is 0 Å². The maximum Gasteiger partial charge on any atom is 0.311 e. The first-order chi connectivity index (χ1) is 13.9. The van der Waals surface area contributed by atoms with Crippen LogP contribution in [-0.2, 0) is 28.5 Å². The molecule has 2 atom stereocenters. The summed E-state index contributed by atoms with van der Waals surface area (Å²) in [4.78, 5) is 23.6. The van der Waals surface area contributed by atoms with Crippen LogP contribution in [0, 0.1) is 10.8 Å². The summed E-state index contributed by atoms with van der Waals surface area (Å²) >= 11 is 0. The molecule has 9 nitrogen and oxygen atoms in total. The van der Waals surface area contributed by atoms with Gasteiger partial charge >= 0.3 is 11.9 Å². The van der Waals surface area contributed by atoms with Crippen LogP contribution in [0.2, 0.25) is 0 Å². The van der Waals surface area contributed by atoms with Gasteiger partial charge in [-0.05, 0) is 40.5 Å². The van der Waals surface area contributed by atoms with Crippen molar-refractivity contribution >= 4 is 11.9 Å². The van der Waals surface area contributed by atoms with Gasteiger partial charge in [0.2, 0.25) is 0 Å². The molecule has 0 heterocycles. The Labute approximate surface area is 179 Å². The summed E-state index contributed by atoms with van der Waals surface area (Å²) in [6, 6.07) is 0. The van der Waals surface area contributed by atoms with Gasteiger partial charge in [-0.1, -0.05) is 13.8 Å². The maximum absolute atomic E-state index is 11.8. The number of hydrogen-bond acceptors (Lipinski definition) is 9. The minimum absolute atomic E-state index is 0.0960. The Morgan fingerprint density at radius 2 is 0.900 bits per heavy atom. The molecule has 0 aromatic carbocycles. The Kier molecular flexibility index (Phi) is 13.3. The third-order valence-corrected chi connectivity index (χ3v) is 4.93. The Morgan fingerprint density at radius 1 is 0.633 bits per heavy atom. The highest BCUT2D eigenvalue weighted by Gasteiger charge is 2.28. The second-order valence-electron chi connectivity index (χ2n) is 8.71. The molecule has 0 aromatic rings. The van der Waals surface area contributed by atoms with Gasteiger partial charge in [-0.15, -0.1) is 0 Å². The second kappa shape index (κ2) is 13.9. The second-order valence-corrected chi connectivity index (χ2v) is 8.71. The number of rotatable bonds is 16. The molecule has 2 unspecified atom stereocenters. The lowest BCUT2D eigenvalue weighted by atomic mass is 9.91. The number of ether oxygens (including phenoxy) is 4. The molecule has 0 aliphatic heterocycles. The van der Waals surface area contributed by atoms with Gasteiger partial charge in [0, 0.05) is 0 Å². The summed E-state index contributed by atoms with van der Waals surface area (Å²) in [5.41, 5.74) is -1.22. The van der Waals surface area contributed by atoms with Crippen LogP contribution in [0.1, 0.15) is 54.4 Å². The first-order valence-electron chi connectivity index (χ1n) is 10.4. The van der Waals surface area contributed by atoms with E-state index >= 15 is 0 Å². The van der Waals surface area contributed by atoms with Crippen molar-refractivity contribution in [3.8, 4) is 0 Å². The van der Waals surface area contributed by atoms with E-state index in [4.69, 9.17) is 18.9 Å². The number of aliphatic hydroxyl groups is 3. The summed E-state index contributed by atoms with van der Waals surface area (Å²) in [5.74, 6) is -0.778. The van der Waals surface area contributed by atoms with Gasteiger partial charge in [-0.25, -0.2) is 0 Å². The van der Waals surface area contributed by atoms with E-state index in [9.17, 15) is 24.9 Å². The number of carbonyl (C=O) groups excluding carboxylic acids is 2. The smallest absolute Gasteiger partial charge is 0.311 e. The Hall–Kier alpha value is -1.26. The van der Waals surface area contributed by atoms with E-state index < -0.39 is 29.1 Å². The van der Waals surface area contributed by atoms with Crippen LogP contribution in [0.4, 0.5) is 0 Å². The van der Waals surface area contributed by atoms with E-state index in [2.05, 4.69) is 0 Å². The van der Waals surface area contributed by atoms with Crippen LogP contribution in [0.5, 0.6) is 0 Å². The van der Waals surface area contributed by atoms with Crippen LogP contribution in [0.15, 0.2) is 0 Å². The number of hydrogen-bond donors (Lipinski definition) is 3. The van der Waals surface area contributed by atoms with Crippen LogP contribution < -0.4 is 0 Å². The Balaban J connectivity index is 3.88. The van der Waals surface area contributed by atoms with Gasteiger partial charge in [0.05, 0.1) is 37.3 Å². The van der Waals surface area contributed by atoms with Crippen molar-refractivity contribution in [1.29, 1.82) is 0 Å². The summed E-state index contributed by atoms with van der Waals surface area (Å²) < 4.78 is 20.5. The average molecular weight is 437 g/mol. The SMILES string of the molecule is CCC(C)(C)C(=O)OCC(O)COCC(O)COCC(O)COC(=O)C(C)(C)CC. The molecule has 0 aromatic heterocycles. The van der Waals surface area contributed by atoms with Crippen LogP contribution in [-0.4, -0.2) is 85.2 Å². The van der Waals surface area contributed by atoms with Crippen molar-refractivity contribution < 1.29 is 43.9 Å². The monoisotopic (exact) mass is 436 g/mol. The zero-order valence-corrected chi connectivity index (χ0v) is 19.2. The fourth-order valence-corrected chi connectivity index (χ4v) is 1.85. The highest BCUT2D eigenvalue weighted by atomic mass is 16.6. The van der Waals surface area contributed by atoms with E-state index in [0.717, 1.165) is 0 Å². The number of carbonyl (C=O) groups is 2. The molecule has 9 heteroatoms. The van der Waals surface area contributed by atoms with Crippen LogP contribution in [0.3, 0.4) is 0 Å². The Bertz CT molecular complexity index is 461. The summed E-state index contributed by atoms with van der Waals surface area (Å²) in [6.45, 7) is 10.0. The van der Waals surface area contributed by atoms with Crippen molar-refractivity contribution in [2.24, 2.45) is 10.8 Å². The number of aliphatic hydroxyl groups excluding tert-OH is 3. The van der Waals surface area contributed by atoms with Crippen molar-refractivity contribution in [2.75, 3.05) is 39.6 Å². The predicted octanol–water partition coefficient (Wildman–Crippen LogP) is 1.06. The fourth-order valence-electron chi connectivity index (χ4n) is 1.85. The fraction of sp³-hybridized carbons (Fsp3) is 0.905. The molecule has 0 aliphatic rings. The van der Waals surface area contributed by atoms with Crippen LogP contribution in [0.25, 0.3) is 0 Å². The molecule has 0 saturated heterocycles. The molecule has 0 rings (SSSR count). The van der Waals surface area contributed by atoms with Gasteiger partial charge in [-0.3, -0.25) is 9.59 Å². The van der Waals surface area contributed by atoms with E-state index in [-0.39, 0.29) is 51.6 Å². The zero-order chi connectivity index (χ0) is 23.4. The topological polar surface area (TPSA) is 132 Å². The lowest BCUT2D eigenvalue weighted by Crippen LogP contribution is -2.33. The Morgan fingerprint density at radius 3 is 1.17 bits per heavy atom. The first kappa shape index (κ1) is 28.7. The van der Waals surface area contributed by atoms with Gasteiger partial charge in [0.15, 0.2) is 0 Å². The van der Waals surface area contributed by atoms with E-state index in [1.807, 2.05) is 13.8 Å². The highest BCUT2D eigenvalue weighted by Crippen LogP contribution is 2.22. The lowest BCUT2D eigenvalue weighted by Gasteiger charge is -2.22. The third-order valence-electron chi connectivity index (χ3n) is 4.93. The molecule has 0 fully saturated rings. The molecule has 0 aliphatic carbocycles. The van der Waals surface area contributed by atoms with Gasteiger partial charge in [-0.2, -0.15) is 0 Å². The first-order valence-corrected chi connectivity index (χ1v) is 10.4. The quantitative estimate of drug-likeness (QED) is 0.304. The van der Waals surface area contributed by atoms with Gasteiger partial charge in [0.1, 0.15) is 31.5 Å². The van der Waals surface area contributed by atoms with Crippen molar-refractivity contribution in [1.82, 2.24) is 0 Å². The lowest BCUT2D eigenvalue weighted by molar-refractivity contribution is -0.158. The third kappa shape index (κ3) is 11.8. The normalized spacial score (nSPS) is 15.4. The predicted molar refractivity (Wildman–Crippen MR) is 110 cm³/mol. The molecule has 30 heavy (non-hydrogen) atoms. The van der Waals surface area contributed by atoms with E-state index in [1.165, 1.54) is 0 Å². The molecule has 178 valence electrons. The minimum Gasteiger partial charge on any atom is -0.462 e. The van der Waals surface area contributed by atoms with E-state index in [1.54, 1.807) is 27.7 Å². The molecular formula is C21H40O9. The summed E-state index contributed by atoms with van der Waals surface area (Å²) in [6.07, 6.45) is -1.72. The molecule has 0 spiro atoms.